The quantitative estimate of drug-likeness (QED) is 0.830. The molecule has 1 aliphatic carbocycles. The van der Waals surface area contributed by atoms with E-state index >= 15 is 0 Å². The molecule has 1 amide bonds. The van der Waals surface area contributed by atoms with Gasteiger partial charge in [0.05, 0.1) is 12.6 Å². The van der Waals surface area contributed by atoms with Gasteiger partial charge in [0.15, 0.2) is 0 Å². The Morgan fingerprint density at radius 1 is 1.32 bits per heavy atom. The molecule has 2 fully saturated rings. The van der Waals surface area contributed by atoms with Crippen molar-refractivity contribution in [3.8, 4) is 6.07 Å². The topological polar surface area (TPSA) is 71.9 Å². The number of hydrogen-bond acceptors (Lipinski definition) is 3. The van der Waals surface area contributed by atoms with Crippen LogP contribution >= 0.6 is 0 Å². The van der Waals surface area contributed by atoms with Crippen LogP contribution in [0.3, 0.4) is 0 Å². The second-order valence-electron chi connectivity index (χ2n) is 8.44. The maximum absolute atomic E-state index is 12.5. The van der Waals surface area contributed by atoms with Gasteiger partial charge in [0, 0.05) is 17.1 Å². The molecule has 148 valence electrons. The molecule has 0 atom stereocenters. The highest BCUT2D eigenvalue weighted by atomic mass is 16.2. The first-order chi connectivity index (χ1) is 13.6. The van der Waals surface area contributed by atoms with E-state index in [9.17, 15) is 10.1 Å². The first-order valence-electron chi connectivity index (χ1n) is 10.7. The highest BCUT2D eigenvalue weighted by Gasteiger charge is 2.35. The van der Waals surface area contributed by atoms with Gasteiger partial charge in [-0.3, -0.25) is 9.69 Å². The Labute approximate surface area is 167 Å². The van der Waals surface area contributed by atoms with Gasteiger partial charge in [-0.05, 0) is 75.1 Å². The van der Waals surface area contributed by atoms with Gasteiger partial charge in [0.25, 0.3) is 0 Å². The number of aromatic amines is 1. The van der Waals surface area contributed by atoms with Gasteiger partial charge in [-0.15, -0.1) is 0 Å². The van der Waals surface area contributed by atoms with Crippen molar-refractivity contribution in [3.05, 3.63) is 35.5 Å². The monoisotopic (exact) mass is 378 g/mol. The molecule has 0 unspecified atom stereocenters. The molecule has 0 radical (unpaired) electrons. The fourth-order valence-corrected chi connectivity index (χ4v) is 5.03. The zero-order chi connectivity index (χ0) is 19.6. The molecule has 1 saturated heterocycles. The van der Waals surface area contributed by atoms with Gasteiger partial charge >= 0.3 is 0 Å². The van der Waals surface area contributed by atoms with Crippen LogP contribution in [0.2, 0.25) is 0 Å². The first kappa shape index (κ1) is 19.0. The molecule has 0 bridgehead atoms. The van der Waals surface area contributed by atoms with Crippen LogP contribution in [0.1, 0.15) is 62.5 Å². The number of aromatic nitrogens is 1. The van der Waals surface area contributed by atoms with Crippen molar-refractivity contribution >= 4 is 16.8 Å². The Morgan fingerprint density at radius 2 is 2.07 bits per heavy atom. The Hall–Kier alpha value is -2.32. The minimum Gasteiger partial charge on any atom is -0.361 e. The van der Waals surface area contributed by atoms with E-state index < -0.39 is 5.54 Å². The van der Waals surface area contributed by atoms with Crippen LogP contribution in [0, 0.1) is 11.3 Å². The molecule has 2 aromatic rings. The van der Waals surface area contributed by atoms with Gasteiger partial charge in [-0.2, -0.15) is 5.26 Å². The van der Waals surface area contributed by atoms with Crippen molar-refractivity contribution in [2.75, 3.05) is 19.6 Å². The molecular formula is C23H30N4O. The third kappa shape index (κ3) is 3.66. The van der Waals surface area contributed by atoms with Crippen molar-refractivity contribution in [2.24, 2.45) is 0 Å². The predicted octanol–water partition coefficient (Wildman–Crippen LogP) is 3.86. The Kier molecular flexibility index (Phi) is 5.41. The number of rotatable bonds is 5. The number of H-pyrrole nitrogens is 1. The van der Waals surface area contributed by atoms with E-state index in [2.05, 4.69) is 52.6 Å². The average molecular weight is 379 g/mol. The van der Waals surface area contributed by atoms with E-state index in [0.717, 1.165) is 58.0 Å². The maximum Gasteiger partial charge on any atom is 0.235 e. The lowest BCUT2D eigenvalue weighted by atomic mass is 9.88. The van der Waals surface area contributed by atoms with E-state index in [1.54, 1.807) is 0 Å². The largest absolute Gasteiger partial charge is 0.361 e. The van der Waals surface area contributed by atoms with Gasteiger partial charge in [0.1, 0.15) is 5.54 Å². The molecule has 1 aromatic carbocycles. The number of carbonyl (C=O) groups is 1. The number of nitriles is 1. The summed E-state index contributed by atoms with van der Waals surface area (Å²) >= 11 is 0. The smallest absolute Gasteiger partial charge is 0.235 e. The number of fused-ring (bicyclic) bond motifs is 1. The third-order valence-electron chi connectivity index (χ3n) is 6.66. The molecule has 5 heteroatoms. The summed E-state index contributed by atoms with van der Waals surface area (Å²) in [7, 11) is 0. The molecular weight excluding hydrogens is 348 g/mol. The molecule has 2 aliphatic rings. The Balaban J connectivity index is 1.35. The lowest BCUT2D eigenvalue weighted by Crippen LogP contribution is -2.50. The van der Waals surface area contributed by atoms with Crippen LogP contribution in [0.15, 0.2) is 24.4 Å². The molecule has 0 spiro atoms. The third-order valence-corrected chi connectivity index (χ3v) is 6.66. The molecule has 2 N–H and O–H groups in total. The molecule has 1 saturated carbocycles. The van der Waals surface area contributed by atoms with Gasteiger partial charge in [0.2, 0.25) is 5.91 Å². The number of carbonyl (C=O) groups excluding carboxylic acids is 1. The fraction of sp³-hybridized carbons (Fsp3) is 0.565. The first-order valence-corrected chi connectivity index (χ1v) is 10.7. The van der Waals surface area contributed by atoms with E-state index in [0.29, 0.717) is 12.5 Å². The maximum atomic E-state index is 12.5. The number of aryl methyl sites for hydroxylation is 1. The van der Waals surface area contributed by atoms with Crippen molar-refractivity contribution in [2.45, 2.75) is 63.3 Å². The van der Waals surface area contributed by atoms with Crippen molar-refractivity contribution in [1.82, 2.24) is 15.2 Å². The SMILES string of the molecule is CCc1cccc2c(C3CCN(CC(=O)NC4(C#N)CCCC4)CC3)c[nH]c12. The van der Waals surface area contributed by atoms with Crippen LogP contribution < -0.4 is 5.32 Å². The fourth-order valence-electron chi connectivity index (χ4n) is 5.03. The van der Waals surface area contributed by atoms with Crippen LogP contribution in [0.5, 0.6) is 0 Å². The van der Waals surface area contributed by atoms with E-state index in [4.69, 9.17) is 0 Å². The minimum absolute atomic E-state index is 0.00146. The lowest BCUT2D eigenvalue weighted by Gasteiger charge is -2.32. The van der Waals surface area contributed by atoms with Crippen LogP contribution in [-0.4, -0.2) is 41.0 Å². The number of piperidine rings is 1. The van der Waals surface area contributed by atoms with E-state index in [1.165, 1.54) is 22.0 Å². The summed E-state index contributed by atoms with van der Waals surface area (Å²) in [6.07, 6.45) is 9.01. The van der Waals surface area contributed by atoms with E-state index in [1.807, 2.05) is 0 Å². The zero-order valence-corrected chi connectivity index (χ0v) is 16.8. The highest BCUT2D eigenvalue weighted by molar-refractivity contribution is 5.86. The molecule has 28 heavy (non-hydrogen) atoms. The van der Waals surface area contributed by atoms with Crippen LogP contribution in [-0.2, 0) is 11.2 Å². The van der Waals surface area contributed by atoms with Crippen molar-refractivity contribution in [1.29, 1.82) is 5.26 Å². The summed E-state index contributed by atoms with van der Waals surface area (Å²) in [5, 5.41) is 13.8. The number of nitrogens with one attached hydrogen (secondary N) is 2. The molecule has 4 rings (SSSR count). The Bertz CT molecular complexity index is 880. The zero-order valence-electron chi connectivity index (χ0n) is 16.8. The number of amides is 1. The number of hydrogen-bond donors (Lipinski definition) is 2. The molecule has 5 nitrogen and oxygen atoms in total. The van der Waals surface area contributed by atoms with Crippen molar-refractivity contribution < 1.29 is 4.79 Å². The number of likely N-dealkylation sites (tertiary alicyclic amines) is 1. The molecule has 1 aromatic heterocycles. The normalized spacial score (nSPS) is 20.3. The molecule has 1 aliphatic heterocycles. The minimum atomic E-state index is -0.615. The van der Waals surface area contributed by atoms with Gasteiger partial charge in [-0.1, -0.05) is 25.1 Å². The van der Waals surface area contributed by atoms with E-state index in [-0.39, 0.29) is 5.91 Å². The number of benzene rings is 1. The summed E-state index contributed by atoms with van der Waals surface area (Å²) in [6, 6.07) is 8.92. The standard InChI is InChI=1S/C23H30N4O/c1-2-17-6-5-7-19-20(14-25-22(17)19)18-8-12-27(13-9-18)15-21(28)26-23(16-24)10-3-4-11-23/h5-7,14,18,25H,2-4,8-13,15H2,1H3,(H,26,28). The molecule has 2 heterocycles. The van der Waals surface area contributed by atoms with Crippen LogP contribution in [0.4, 0.5) is 0 Å². The number of para-hydroxylation sites is 1. The summed E-state index contributed by atoms with van der Waals surface area (Å²) in [6.45, 7) is 4.46. The lowest BCUT2D eigenvalue weighted by molar-refractivity contribution is -0.123. The number of nitrogens with zero attached hydrogens (tertiary/aromatic N) is 2. The summed E-state index contributed by atoms with van der Waals surface area (Å²) < 4.78 is 0. The van der Waals surface area contributed by atoms with Gasteiger partial charge < -0.3 is 10.3 Å². The van der Waals surface area contributed by atoms with Crippen molar-refractivity contribution in [3.63, 3.8) is 0 Å². The summed E-state index contributed by atoms with van der Waals surface area (Å²) in [5.74, 6) is 0.544. The average Bonchev–Trinajstić information content (AvgIpc) is 3.36. The van der Waals surface area contributed by atoms with Crippen LogP contribution in [0.25, 0.3) is 10.9 Å². The summed E-state index contributed by atoms with van der Waals surface area (Å²) in [4.78, 5) is 18.2. The predicted molar refractivity (Wildman–Crippen MR) is 111 cm³/mol. The highest BCUT2D eigenvalue weighted by Crippen LogP contribution is 2.34. The summed E-state index contributed by atoms with van der Waals surface area (Å²) in [5.41, 5.74) is 3.45. The Morgan fingerprint density at radius 3 is 2.75 bits per heavy atom. The second kappa shape index (κ2) is 7.97. The second-order valence-corrected chi connectivity index (χ2v) is 8.44. The van der Waals surface area contributed by atoms with Gasteiger partial charge in [-0.25, -0.2) is 0 Å².